The number of pyridine rings is 1. The minimum absolute atomic E-state index is 0.0177. The SMILES string of the molecule is COC1CCN(C(=O)NCc2cccc(-c3ccccn3)c2)CC1(C)C. The number of likely N-dealkylation sites (tertiary alicyclic amines) is 1. The average molecular weight is 353 g/mol. The van der Waals surface area contributed by atoms with Gasteiger partial charge in [0.05, 0.1) is 11.8 Å². The molecule has 5 heteroatoms. The number of ether oxygens (including phenoxy) is 1. The van der Waals surface area contributed by atoms with Crippen LogP contribution in [0.1, 0.15) is 25.8 Å². The van der Waals surface area contributed by atoms with Gasteiger partial charge in [0.2, 0.25) is 0 Å². The van der Waals surface area contributed by atoms with Crippen molar-refractivity contribution in [2.24, 2.45) is 5.41 Å². The first-order chi connectivity index (χ1) is 12.5. The number of carbonyl (C=O) groups is 1. The Morgan fingerprint density at radius 3 is 2.85 bits per heavy atom. The van der Waals surface area contributed by atoms with Gasteiger partial charge >= 0.3 is 6.03 Å². The van der Waals surface area contributed by atoms with Gasteiger partial charge < -0.3 is 15.0 Å². The number of nitrogens with zero attached hydrogens (tertiary/aromatic N) is 2. The minimum atomic E-state index is -0.0385. The monoisotopic (exact) mass is 353 g/mol. The Hall–Kier alpha value is -2.40. The van der Waals surface area contributed by atoms with Crippen molar-refractivity contribution in [3.63, 3.8) is 0 Å². The molecule has 0 radical (unpaired) electrons. The van der Waals surface area contributed by atoms with Gasteiger partial charge in [0.1, 0.15) is 0 Å². The molecule has 138 valence electrons. The van der Waals surface area contributed by atoms with E-state index in [1.54, 1.807) is 13.3 Å². The van der Waals surface area contributed by atoms with Crippen molar-refractivity contribution >= 4 is 6.03 Å². The Bertz CT molecular complexity index is 746. The largest absolute Gasteiger partial charge is 0.381 e. The van der Waals surface area contributed by atoms with Crippen molar-refractivity contribution in [3.05, 3.63) is 54.2 Å². The van der Waals surface area contributed by atoms with Crippen molar-refractivity contribution in [2.75, 3.05) is 20.2 Å². The van der Waals surface area contributed by atoms with Crippen LogP contribution < -0.4 is 5.32 Å². The zero-order valence-corrected chi connectivity index (χ0v) is 15.7. The van der Waals surface area contributed by atoms with Crippen LogP contribution in [0.25, 0.3) is 11.3 Å². The van der Waals surface area contributed by atoms with Crippen LogP contribution in [0.5, 0.6) is 0 Å². The molecular formula is C21H27N3O2. The van der Waals surface area contributed by atoms with Crippen LogP contribution in [-0.4, -0.2) is 42.2 Å². The fraction of sp³-hybridized carbons (Fsp3) is 0.429. The second kappa shape index (κ2) is 7.87. The van der Waals surface area contributed by atoms with E-state index in [2.05, 4.69) is 30.2 Å². The summed E-state index contributed by atoms with van der Waals surface area (Å²) in [5.74, 6) is 0. The second-order valence-electron chi connectivity index (χ2n) is 7.50. The van der Waals surface area contributed by atoms with Crippen LogP contribution in [0.2, 0.25) is 0 Å². The quantitative estimate of drug-likeness (QED) is 0.912. The van der Waals surface area contributed by atoms with Gasteiger partial charge in [-0.3, -0.25) is 4.98 Å². The van der Waals surface area contributed by atoms with E-state index in [9.17, 15) is 4.79 Å². The number of urea groups is 1. The lowest BCUT2D eigenvalue weighted by molar-refractivity contribution is -0.0406. The Kier molecular flexibility index (Phi) is 5.57. The summed E-state index contributed by atoms with van der Waals surface area (Å²) in [5, 5.41) is 3.04. The molecule has 1 aliphatic heterocycles. The molecule has 0 saturated carbocycles. The average Bonchev–Trinajstić information content (AvgIpc) is 2.66. The molecule has 1 N–H and O–H groups in total. The van der Waals surface area contributed by atoms with E-state index in [1.165, 1.54) is 0 Å². The number of carbonyl (C=O) groups excluding carboxylic acids is 1. The lowest BCUT2D eigenvalue weighted by Gasteiger charge is -2.43. The molecule has 1 unspecified atom stereocenters. The summed E-state index contributed by atoms with van der Waals surface area (Å²) in [6.07, 6.45) is 2.85. The van der Waals surface area contributed by atoms with Gasteiger partial charge in [-0.1, -0.05) is 38.1 Å². The van der Waals surface area contributed by atoms with Gasteiger partial charge in [0, 0.05) is 43.9 Å². The van der Waals surface area contributed by atoms with Crippen molar-refractivity contribution in [2.45, 2.75) is 32.9 Å². The van der Waals surface area contributed by atoms with E-state index in [0.29, 0.717) is 13.1 Å². The molecule has 0 aliphatic carbocycles. The first-order valence-corrected chi connectivity index (χ1v) is 9.05. The first kappa shape index (κ1) is 18.4. The fourth-order valence-corrected chi connectivity index (χ4v) is 3.61. The molecular weight excluding hydrogens is 326 g/mol. The summed E-state index contributed by atoms with van der Waals surface area (Å²) < 4.78 is 5.55. The zero-order valence-electron chi connectivity index (χ0n) is 15.7. The number of benzene rings is 1. The molecule has 2 heterocycles. The standard InChI is InChI=1S/C21H27N3O2/c1-21(2)15-24(12-10-19(21)26-3)20(25)23-14-16-7-6-8-17(13-16)18-9-4-5-11-22-18/h4-9,11,13,19H,10,12,14-15H2,1-3H3,(H,23,25). The molecule has 26 heavy (non-hydrogen) atoms. The lowest BCUT2D eigenvalue weighted by atomic mass is 9.81. The van der Waals surface area contributed by atoms with Gasteiger partial charge in [-0.25, -0.2) is 4.79 Å². The van der Waals surface area contributed by atoms with Crippen LogP contribution in [0.4, 0.5) is 4.79 Å². The summed E-state index contributed by atoms with van der Waals surface area (Å²) in [7, 11) is 1.75. The maximum absolute atomic E-state index is 12.6. The summed E-state index contributed by atoms with van der Waals surface area (Å²) in [6.45, 7) is 6.23. The van der Waals surface area contributed by atoms with E-state index < -0.39 is 0 Å². The molecule has 1 fully saturated rings. The first-order valence-electron chi connectivity index (χ1n) is 9.05. The molecule has 1 aliphatic rings. The van der Waals surface area contributed by atoms with E-state index in [-0.39, 0.29) is 17.6 Å². The van der Waals surface area contributed by atoms with E-state index >= 15 is 0 Å². The number of methoxy groups -OCH3 is 1. The molecule has 1 saturated heterocycles. The maximum Gasteiger partial charge on any atom is 0.317 e. The van der Waals surface area contributed by atoms with E-state index in [1.807, 2.05) is 41.3 Å². The maximum atomic E-state index is 12.6. The van der Waals surface area contributed by atoms with Gasteiger partial charge in [0.15, 0.2) is 0 Å². The molecule has 2 aromatic rings. The Balaban J connectivity index is 1.60. The van der Waals surface area contributed by atoms with Crippen molar-refractivity contribution in [3.8, 4) is 11.3 Å². The molecule has 5 nitrogen and oxygen atoms in total. The Morgan fingerprint density at radius 1 is 1.31 bits per heavy atom. The number of nitrogens with one attached hydrogen (secondary N) is 1. The smallest absolute Gasteiger partial charge is 0.317 e. The number of hydrogen-bond donors (Lipinski definition) is 1. The van der Waals surface area contributed by atoms with Crippen LogP contribution in [0.15, 0.2) is 48.7 Å². The molecule has 1 atom stereocenters. The molecule has 3 rings (SSSR count). The highest BCUT2D eigenvalue weighted by molar-refractivity contribution is 5.74. The van der Waals surface area contributed by atoms with Gasteiger partial charge in [-0.05, 0) is 30.2 Å². The van der Waals surface area contributed by atoms with Gasteiger partial charge in [-0.2, -0.15) is 0 Å². The highest BCUT2D eigenvalue weighted by Gasteiger charge is 2.37. The number of aromatic nitrogens is 1. The van der Waals surface area contributed by atoms with Gasteiger partial charge in [0.25, 0.3) is 0 Å². The van der Waals surface area contributed by atoms with Crippen molar-refractivity contribution < 1.29 is 9.53 Å². The van der Waals surface area contributed by atoms with E-state index in [4.69, 9.17) is 4.74 Å². The Labute approximate surface area is 155 Å². The number of piperidine rings is 1. The van der Waals surface area contributed by atoms with Crippen LogP contribution in [-0.2, 0) is 11.3 Å². The van der Waals surface area contributed by atoms with Crippen molar-refractivity contribution in [1.82, 2.24) is 15.2 Å². The van der Waals surface area contributed by atoms with Gasteiger partial charge in [-0.15, -0.1) is 0 Å². The Morgan fingerprint density at radius 2 is 2.15 bits per heavy atom. The number of rotatable bonds is 4. The van der Waals surface area contributed by atoms with Crippen LogP contribution in [0, 0.1) is 5.41 Å². The highest BCUT2D eigenvalue weighted by Crippen LogP contribution is 2.31. The van der Waals surface area contributed by atoms with Crippen LogP contribution in [0.3, 0.4) is 0 Å². The number of amides is 2. The third kappa shape index (κ3) is 4.22. The molecule has 1 aromatic carbocycles. The predicted octanol–water partition coefficient (Wildman–Crippen LogP) is 3.71. The summed E-state index contributed by atoms with van der Waals surface area (Å²) >= 11 is 0. The zero-order chi connectivity index (χ0) is 18.6. The fourth-order valence-electron chi connectivity index (χ4n) is 3.61. The predicted molar refractivity (Wildman–Crippen MR) is 103 cm³/mol. The third-order valence-electron chi connectivity index (χ3n) is 5.03. The van der Waals surface area contributed by atoms with E-state index in [0.717, 1.165) is 29.8 Å². The molecule has 0 spiro atoms. The van der Waals surface area contributed by atoms with Crippen LogP contribution >= 0.6 is 0 Å². The minimum Gasteiger partial charge on any atom is -0.381 e. The molecule has 1 aromatic heterocycles. The second-order valence-corrected chi connectivity index (χ2v) is 7.50. The summed E-state index contributed by atoms with van der Waals surface area (Å²) in [6, 6.07) is 14.0. The topological polar surface area (TPSA) is 54.5 Å². The highest BCUT2D eigenvalue weighted by atomic mass is 16.5. The van der Waals surface area contributed by atoms with Crippen molar-refractivity contribution in [1.29, 1.82) is 0 Å². The third-order valence-corrected chi connectivity index (χ3v) is 5.03. The normalized spacial score (nSPS) is 19.2. The summed E-state index contributed by atoms with van der Waals surface area (Å²) in [5.41, 5.74) is 3.01. The molecule has 2 amide bonds. The summed E-state index contributed by atoms with van der Waals surface area (Å²) in [4.78, 5) is 18.8. The number of hydrogen-bond acceptors (Lipinski definition) is 3. The molecule has 0 bridgehead atoms. The lowest BCUT2D eigenvalue weighted by Crippen LogP contribution is -2.53.